The summed E-state index contributed by atoms with van der Waals surface area (Å²) in [6.45, 7) is 2.66. The van der Waals surface area contributed by atoms with Crippen molar-refractivity contribution >= 4 is 40.5 Å². The van der Waals surface area contributed by atoms with Crippen LogP contribution in [0.4, 0.5) is 0 Å². The van der Waals surface area contributed by atoms with Crippen molar-refractivity contribution in [3.63, 3.8) is 0 Å². The largest absolute Gasteiger partial charge is 0.340 e. The molecule has 6 heteroatoms. The van der Waals surface area contributed by atoms with E-state index in [4.69, 9.17) is 11.6 Å². The first-order chi connectivity index (χ1) is 16.0. The molecule has 2 amide bonds. The fraction of sp³-hybridized carbons (Fsp3) is 0.296. The Hall–Kier alpha value is -3.18. The molecule has 4 aliphatic rings. The normalized spacial score (nSPS) is 26.2. The number of allylic oxidation sites excluding steroid dienone is 2. The van der Waals surface area contributed by atoms with Crippen molar-refractivity contribution in [2.75, 3.05) is 0 Å². The molecule has 3 aliphatic carbocycles. The van der Waals surface area contributed by atoms with Gasteiger partial charge in [0.05, 0.1) is 18.1 Å². The van der Waals surface area contributed by atoms with Crippen LogP contribution in [-0.4, -0.2) is 27.6 Å². The second kappa shape index (κ2) is 7.70. The number of para-hydroxylation sites is 1. The van der Waals surface area contributed by atoms with Crippen molar-refractivity contribution in [1.82, 2.24) is 9.58 Å². The lowest BCUT2D eigenvalue weighted by Gasteiger charge is -2.37. The number of carbonyl (C=O) groups is 2. The summed E-state index contributed by atoms with van der Waals surface area (Å²) in [6.07, 6.45) is 7.89. The molecule has 2 heterocycles. The highest BCUT2D eigenvalue weighted by molar-refractivity contribution is 6.31. The summed E-state index contributed by atoms with van der Waals surface area (Å²) >= 11 is 6.43. The van der Waals surface area contributed by atoms with E-state index in [9.17, 15) is 9.59 Å². The van der Waals surface area contributed by atoms with Gasteiger partial charge in [0.2, 0.25) is 0 Å². The molecule has 1 saturated carbocycles. The highest BCUT2D eigenvalue weighted by Gasteiger charge is 2.56. The van der Waals surface area contributed by atoms with E-state index < -0.39 is 0 Å². The van der Waals surface area contributed by atoms with Gasteiger partial charge in [0.1, 0.15) is 0 Å². The van der Waals surface area contributed by atoms with Gasteiger partial charge in [0, 0.05) is 33.7 Å². The molecule has 0 unspecified atom stereocenters. The Morgan fingerprint density at radius 2 is 1.61 bits per heavy atom. The molecule has 0 radical (unpaired) electrons. The SMILES string of the molecule is Cc1c(/C=N\N2C(=O)[C@H]3[C@H](C2=O)[C@H]2C=C[C@H]3CC2)c2ccccc2n1Cc1ccccc1Cl. The van der Waals surface area contributed by atoms with Crippen LogP contribution >= 0.6 is 11.6 Å². The minimum absolute atomic E-state index is 0.155. The molecule has 2 bridgehead atoms. The van der Waals surface area contributed by atoms with Gasteiger partial charge in [0.15, 0.2) is 0 Å². The Balaban J connectivity index is 1.37. The molecule has 2 fully saturated rings. The van der Waals surface area contributed by atoms with E-state index in [-0.39, 0.29) is 35.5 Å². The third-order valence-corrected chi connectivity index (χ3v) is 7.97. The average Bonchev–Trinajstić information content (AvgIpc) is 3.26. The van der Waals surface area contributed by atoms with E-state index in [1.54, 1.807) is 6.21 Å². The van der Waals surface area contributed by atoms with Gasteiger partial charge < -0.3 is 4.57 Å². The number of carbonyl (C=O) groups excluding carboxylic acids is 2. The maximum atomic E-state index is 13.1. The highest BCUT2D eigenvalue weighted by Crippen LogP contribution is 2.49. The van der Waals surface area contributed by atoms with E-state index in [1.165, 1.54) is 0 Å². The van der Waals surface area contributed by atoms with Crippen LogP contribution in [0.5, 0.6) is 0 Å². The summed E-state index contributed by atoms with van der Waals surface area (Å²) in [5.41, 5.74) is 4.02. The van der Waals surface area contributed by atoms with Crippen LogP contribution < -0.4 is 0 Å². The smallest absolute Gasteiger partial charge is 0.254 e. The molecule has 4 atom stereocenters. The molecular formula is C27H24ClN3O2. The molecule has 1 aliphatic heterocycles. The molecule has 33 heavy (non-hydrogen) atoms. The topological polar surface area (TPSA) is 54.7 Å². The fourth-order valence-electron chi connectivity index (χ4n) is 5.91. The number of amides is 2. The third-order valence-electron chi connectivity index (χ3n) is 7.60. The first-order valence-electron chi connectivity index (χ1n) is 11.5. The first kappa shape index (κ1) is 20.4. The van der Waals surface area contributed by atoms with Crippen molar-refractivity contribution in [1.29, 1.82) is 0 Å². The lowest BCUT2D eigenvalue weighted by Crippen LogP contribution is -2.38. The number of hydrazone groups is 1. The van der Waals surface area contributed by atoms with Crippen molar-refractivity contribution in [3.05, 3.63) is 82.5 Å². The summed E-state index contributed by atoms with van der Waals surface area (Å²) in [6, 6.07) is 15.9. The maximum Gasteiger partial charge on any atom is 0.254 e. The van der Waals surface area contributed by atoms with Gasteiger partial charge in [-0.3, -0.25) is 9.59 Å². The summed E-state index contributed by atoms with van der Waals surface area (Å²) in [5, 5.41) is 7.36. The first-order valence-corrected chi connectivity index (χ1v) is 11.8. The van der Waals surface area contributed by atoms with E-state index in [1.807, 2.05) is 49.4 Å². The molecule has 2 aromatic carbocycles. The molecular weight excluding hydrogens is 434 g/mol. The lowest BCUT2D eigenvalue weighted by molar-refractivity contribution is -0.140. The molecule has 3 aromatic rings. The Kier molecular flexibility index (Phi) is 4.77. The van der Waals surface area contributed by atoms with Gasteiger partial charge in [-0.05, 0) is 49.3 Å². The number of nitrogens with zero attached hydrogens (tertiary/aromatic N) is 3. The molecule has 0 N–H and O–H groups in total. The van der Waals surface area contributed by atoms with Crippen LogP contribution in [0.2, 0.25) is 5.02 Å². The second-order valence-corrected chi connectivity index (χ2v) is 9.68. The van der Waals surface area contributed by atoms with Crippen LogP contribution in [0, 0.1) is 30.6 Å². The van der Waals surface area contributed by atoms with E-state index in [0.717, 1.165) is 50.6 Å². The van der Waals surface area contributed by atoms with Crippen LogP contribution in [0.25, 0.3) is 10.9 Å². The van der Waals surface area contributed by atoms with Crippen molar-refractivity contribution < 1.29 is 9.59 Å². The number of benzene rings is 2. The number of fused-ring (bicyclic) bond motifs is 2. The van der Waals surface area contributed by atoms with Crippen LogP contribution in [0.1, 0.15) is 29.7 Å². The number of imide groups is 1. The van der Waals surface area contributed by atoms with E-state index in [2.05, 4.69) is 27.9 Å². The minimum Gasteiger partial charge on any atom is -0.340 e. The maximum absolute atomic E-state index is 13.1. The Labute approximate surface area is 197 Å². The fourth-order valence-corrected chi connectivity index (χ4v) is 6.10. The quantitative estimate of drug-likeness (QED) is 0.308. The lowest BCUT2D eigenvalue weighted by atomic mass is 9.63. The van der Waals surface area contributed by atoms with Crippen molar-refractivity contribution in [2.24, 2.45) is 28.8 Å². The zero-order chi connectivity index (χ0) is 22.7. The van der Waals surface area contributed by atoms with Crippen molar-refractivity contribution in [2.45, 2.75) is 26.3 Å². The molecule has 1 aromatic heterocycles. The molecule has 1 saturated heterocycles. The summed E-state index contributed by atoms with van der Waals surface area (Å²) < 4.78 is 2.20. The monoisotopic (exact) mass is 457 g/mol. The predicted octanol–water partition coefficient (Wildman–Crippen LogP) is 5.18. The highest BCUT2D eigenvalue weighted by atomic mass is 35.5. The van der Waals surface area contributed by atoms with Gasteiger partial charge in [-0.25, -0.2) is 0 Å². The van der Waals surface area contributed by atoms with Crippen molar-refractivity contribution in [3.8, 4) is 0 Å². The third kappa shape index (κ3) is 3.10. The molecule has 7 rings (SSSR count). The predicted molar refractivity (Wildman–Crippen MR) is 129 cm³/mol. The van der Waals surface area contributed by atoms with Gasteiger partial charge >= 0.3 is 0 Å². The number of halogens is 1. The number of hydrogen-bond donors (Lipinski definition) is 0. The van der Waals surface area contributed by atoms with Crippen LogP contribution in [-0.2, 0) is 16.1 Å². The van der Waals surface area contributed by atoms with Gasteiger partial charge in [0.25, 0.3) is 11.8 Å². The van der Waals surface area contributed by atoms with E-state index in [0.29, 0.717) is 6.54 Å². The zero-order valence-electron chi connectivity index (χ0n) is 18.3. The van der Waals surface area contributed by atoms with Gasteiger partial charge in [-0.1, -0.05) is 60.2 Å². The minimum atomic E-state index is -0.249. The van der Waals surface area contributed by atoms with Gasteiger partial charge in [-0.15, -0.1) is 0 Å². The van der Waals surface area contributed by atoms with Crippen LogP contribution in [0.15, 0.2) is 65.8 Å². The number of rotatable bonds is 4. The molecule has 5 nitrogen and oxygen atoms in total. The van der Waals surface area contributed by atoms with E-state index >= 15 is 0 Å². The molecule has 166 valence electrons. The standard InChI is InChI=1S/C27H24ClN3O2/c1-16-21(14-29-31-26(32)24-17-10-11-18(13-12-17)25(24)27(31)33)20-7-3-5-9-23(20)30(16)15-19-6-2-4-8-22(19)28/h2-11,14,17-18,24-25H,12-13,15H2,1H3/b29-14-/t17-,18-,24+,25+/m0/s1. The average molecular weight is 458 g/mol. The zero-order valence-corrected chi connectivity index (χ0v) is 19.1. The summed E-state index contributed by atoms with van der Waals surface area (Å²) in [5.74, 6) is -0.482. The van der Waals surface area contributed by atoms with Gasteiger partial charge in [-0.2, -0.15) is 10.1 Å². The second-order valence-electron chi connectivity index (χ2n) is 9.27. The Morgan fingerprint density at radius 1 is 0.970 bits per heavy atom. The summed E-state index contributed by atoms with van der Waals surface area (Å²) in [4.78, 5) is 26.3. The Bertz CT molecular complexity index is 1320. The Morgan fingerprint density at radius 3 is 2.27 bits per heavy atom. The molecule has 0 spiro atoms. The summed E-state index contributed by atoms with van der Waals surface area (Å²) in [7, 11) is 0. The van der Waals surface area contributed by atoms with Crippen LogP contribution in [0.3, 0.4) is 0 Å². The number of aromatic nitrogens is 1. The number of hydrogen-bond acceptors (Lipinski definition) is 3.